The fourth-order valence-electron chi connectivity index (χ4n) is 9.84. The predicted octanol–water partition coefficient (Wildman–Crippen LogP) is 8.91. The molecule has 0 aliphatic rings. The molecule has 0 fully saturated rings. The van der Waals surface area contributed by atoms with Crippen LogP contribution in [0.2, 0.25) is 0 Å². The average molecular weight is 911 g/mol. The van der Waals surface area contributed by atoms with Gasteiger partial charge in [0.05, 0.1) is 31.1 Å². The second-order valence-corrected chi connectivity index (χ2v) is 19.1. The topological polar surface area (TPSA) is 103 Å². The first kappa shape index (κ1) is 42.4. The molecule has 4 heterocycles. The molecule has 0 unspecified atom stereocenters. The van der Waals surface area contributed by atoms with Gasteiger partial charge in [-0.3, -0.25) is 0 Å². The van der Waals surface area contributed by atoms with Crippen LogP contribution in [0.1, 0.15) is 35.5 Å². The number of phenols is 1. The molecule has 1 N–H and O–H groups in total. The molecule has 0 saturated carbocycles. The number of phenolic OH excluding ortho intramolecular Hbond substituents is 1. The van der Waals surface area contributed by atoms with E-state index < -0.39 is 13.7 Å². The maximum absolute atomic E-state index is 11.9. The van der Waals surface area contributed by atoms with Crippen molar-refractivity contribution in [2.45, 2.75) is 19.8 Å². The van der Waals surface area contributed by atoms with Crippen molar-refractivity contribution in [1.82, 2.24) is 18.9 Å². The number of thiazole rings is 2. The van der Waals surface area contributed by atoms with Gasteiger partial charge in [-0.1, -0.05) is 193 Å². The highest BCUT2D eigenvalue weighted by Gasteiger charge is 2.37. The van der Waals surface area contributed by atoms with Crippen molar-refractivity contribution in [3.63, 3.8) is 0 Å². The Bertz CT molecular complexity index is 3650. The van der Waals surface area contributed by atoms with E-state index in [4.69, 9.17) is 9.97 Å². The number of fused-ring (bicyclic) bond motifs is 3. The normalized spacial score (nSPS) is 12.3. The maximum atomic E-state index is 11.9. The zero-order chi connectivity index (χ0) is 46.3. The lowest BCUT2D eigenvalue weighted by Crippen LogP contribution is -2.54. The Morgan fingerprint density at radius 2 is 0.926 bits per heavy atom. The van der Waals surface area contributed by atoms with Crippen LogP contribution in [-0.4, -0.2) is 37.7 Å². The number of nitriles is 2. The Kier molecular flexibility index (Phi) is 11.2. The van der Waals surface area contributed by atoms with Crippen molar-refractivity contribution in [2.75, 3.05) is 0 Å². The van der Waals surface area contributed by atoms with Gasteiger partial charge in [0.15, 0.2) is 0 Å². The number of benzene rings is 7. The first-order valence-electron chi connectivity index (χ1n) is 22.5. The van der Waals surface area contributed by atoms with Gasteiger partial charge in [0.1, 0.15) is 39.0 Å². The van der Waals surface area contributed by atoms with E-state index in [-0.39, 0.29) is 11.7 Å². The average Bonchev–Trinajstić information content (AvgIpc) is 4.16. The third-order valence-electron chi connectivity index (χ3n) is 12.6. The zero-order valence-corrected chi connectivity index (χ0v) is 38.8. The minimum atomic E-state index is -0.497. The predicted molar refractivity (Wildman–Crippen MR) is 282 cm³/mol. The minimum Gasteiger partial charge on any atom is -0.508 e. The van der Waals surface area contributed by atoms with Crippen molar-refractivity contribution in [2.24, 2.45) is 0 Å². The lowest BCUT2D eigenvalue weighted by molar-refractivity contribution is 0.475. The Hall–Kier alpha value is -8.21. The van der Waals surface area contributed by atoms with Crippen molar-refractivity contribution in [3.8, 4) is 29.1 Å². The van der Waals surface area contributed by atoms with E-state index in [0.717, 1.165) is 64.4 Å². The molecule has 11 aromatic rings. The maximum Gasteiger partial charge on any atom is 0.328 e. The lowest BCUT2D eigenvalue weighted by Gasteiger charge is -2.25. The molecular formula is C57H40B2N6OS2. The van der Waals surface area contributed by atoms with Gasteiger partial charge >= 0.3 is 13.7 Å². The highest BCUT2D eigenvalue weighted by atomic mass is 32.1. The summed E-state index contributed by atoms with van der Waals surface area (Å²) in [7, 11) is 0. The molecule has 68 heavy (non-hydrogen) atoms. The van der Waals surface area contributed by atoms with Gasteiger partial charge in [-0.15, -0.1) is 22.7 Å². The van der Waals surface area contributed by atoms with Crippen LogP contribution in [0, 0.1) is 22.7 Å². The highest BCUT2D eigenvalue weighted by Crippen LogP contribution is 2.37. The van der Waals surface area contributed by atoms with Crippen molar-refractivity contribution >= 4 is 101 Å². The summed E-state index contributed by atoms with van der Waals surface area (Å²) in [6.07, 6.45) is 0. The fraction of sp³-hybridized carbons (Fsp3) is 0.0526. The minimum absolute atomic E-state index is 0.0868. The second kappa shape index (κ2) is 17.9. The molecule has 0 saturated heterocycles. The molecule has 11 heteroatoms. The largest absolute Gasteiger partial charge is 0.508 e. The molecule has 7 nitrogen and oxygen atoms in total. The molecule has 11 rings (SSSR count). The Balaban J connectivity index is 1.50. The van der Waals surface area contributed by atoms with Crippen LogP contribution in [0.15, 0.2) is 194 Å². The summed E-state index contributed by atoms with van der Waals surface area (Å²) in [5.41, 5.74) is 8.82. The van der Waals surface area contributed by atoms with E-state index in [9.17, 15) is 15.6 Å². The number of hydrogen-bond acceptors (Lipinski definition) is 7. The summed E-state index contributed by atoms with van der Waals surface area (Å²) in [4.78, 5) is 10.4. The number of aromatic nitrogens is 4. The highest BCUT2D eigenvalue weighted by molar-refractivity contribution is 7.20. The van der Waals surface area contributed by atoms with Gasteiger partial charge in [-0.25, -0.2) is 9.97 Å². The fourth-order valence-corrected chi connectivity index (χ4v) is 11.8. The smallest absolute Gasteiger partial charge is 0.328 e. The van der Waals surface area contributed by atoms with Gasteiger partial charge in [-0.05, 0) is 42.3 Å². The third-order valence-corrected chi connectivity index (χ3v) is 14.7. The molecule has 0 amide bonds. The number of para-hydroxylation sites is 2. The summed E-state index contributed by atoms with van der Waals surface area (Å²) in [6, 6.07) is 70.4. The quantitative estimate of drug-likeness (QED) is 0.138. The summed E-state index contributed by atoms with van der Waals surface area (Å²) in [6.45, 7) is 3.45. The van der Waals surface area contributed by atoms with E-state index in [1.807, 2.05) is 109 Å². The van der Waals surface area contributed by atoms with Crippen LogP contribution < -0.4 is 32.5 Å². The van der Waals surface area contributed by atoms with E-state index in [0.29, 0.717) is 37.4 Å². The van der Waals surface area contributed by atoms with Crippen molar-refractivity contribution < 1.29 is 5.11 Å². The molecular weight excluding hydrogens is 870 g/mol. The van der Waals surface area contributed by atoms with Crippen LogP contribution in [0.3, 0.4) is 0 Å². The molecule has 0 aliphatic carbocycles. The summed E-state index contributed by atoms with van der Waals surface area (Å²) in [5, 5.41) is 39.5. The standard InChI is InChI=1S/C57H40B2N6OS2/c1-37(2)52-50-51(55(45(36-61)57-63-47-31-16-18-33-49(47)68-57)64(52)58(39-21-7-3-8-22-39)40-23-9-4-10-24-40)53(38-20-19-29-43(66)34-38)65(59(41-25-11-5-12-26-41)42-27-13-6-14-28-42)54(50)44(35-60)56-62-46-30-15-17-32-48(46)67-56/h3-34,37,66H,1-2H3/b54-44-,55-45-. The second-order valence-electron chi connectivity index (χ2n) is 17.0. The monoisotopic (exact) mass is 910 g/mol. The first-order valence-corrected chi connectivity index (χ1v) is 24.1. The van der Waals surface area contributed by atoms with Crippen LogP contribution in [0.5, 0.6) is 5.75 Å². The number of rotatable bonds is 10. The molecule has 0 spiro atoms. The lowest BCUT2D eigenvalue weighted by atomic mass is 9.50. The first-order chi connectivity index (χ1) is 33.4. The van der Waals surface area contributed by atoms with E-state index >= 15 is 0 Å². The van der Waals surface area contributed by atoms with Crippen molar-refractivity contribution in [1.29, 1.82) is 10.5 Å². The Morgan fingerprint density at radius 3 is 1.34 bits per heavy atom. The van der Waals surface area contributed by atoms with E-state index in [1.54, 1.807) is 12.1 Å². The van der Waals surface area contributed by atoms with Crippen LogP contribution in [0.4, 0.5) is 0 Å². The van der Waals surface area contributed by atoms with Crippen LogP contribution in [0.25, 0.3) is 53.6 Å². The van der Waals surface area contributed by atoms with Crippen molar-refractivity contribution in [3.05, 3.63) is 221 Å². The molecule has 0 bridgehead atoms. The number of hydrogen-bond donors (Lipinski definition) is 1. The Morgan fingerprint density at radius 1 is 0.515 bits per heavy atom. The molecule has 7 aromatic carbocycles. The van der Waals surface area contributed by atoms with Gasteiger partial charge in [0.2, 0.25) is 0 Å². The SMILES string of the molecule is CC(C)c1c2/c(=C(\C#N)c3nc4ccccc4s3)n(B(c3ccccc3)c3ccccc3)c(-c3cccc(O)c3)c2/c(=C(\C#N)c2nc3ccccc3s2)n1B(c1ccccc1)c1ccccc1. The Labute approximate surface area is 402 Å². The molecule has 0 radical (unpaired) electrons. The summed E-state index contributed by atoms with van der Waals surface area (Å²) < 4.78 is 6.58. The van der Waals surface area contributed by atoms with Gasteiger partial charge < -0.3 is 14.1 Å². The van der Waals surface area contributed by atoms with Gasteiger partial charge in [0.25, 0.3) is 0 Å². The van der Waals surface area contributed by atoms with Gasteiger partial charge in [0, 0.05) is 27.7 Å². The summed E-state index contributed by atoms with van der Waals surface area (Å²) >= 11 is 2.98. The number of nitrogens with zero attached hydrogens (tertiary/aromatic N) is 6. The molecule has 4 aromatic heterocycles. The summed E-state index contributed by atoms with van der Waals surface area (Å²) in [5.74, 6) is -0.0749. The van der Waals surface area contributed by atoms with Crippen LogP contribution >= 0.6 is 22.7 Å². The molecule has 0 atom stereocenters. The van der Waals surface area contributed by atoms with E-state index in [1.165, 1.54) is 22.7 Å². The third kappa shape index (κ3) is 7.30. The molecule has 0 aliphatic heterocycles. The number of aromatic hydroxyl groups is 1. The molecule has 322 valence electrons. The van der Waals surface area contributed by atoms with Gasteiger partial charge in [-0.2, -0.15) is 10.5 Å². The zero-order valence-electron chi connectivity index (χ0n) is 37.2. The van der Waals surface area contributed by atoms with E-state index in [2.05, 4.69) is 108 Å². The van der Waals surface area contributed by atoms with Crippen LogP contribution in [-0.2, 0) is 0 Å².